The fraction of sp³-hybridized carbons (Fsp3) is 0.857. The lowest BCUT2D eigenvalue weighted by Gasteiger charge is -2.21. The highest BCUT2D eigenvalue weighted by atomic mass is 16.5. The van der Waals surface area contributed by atoms with Gasteiger partial charge in [0, 0.05) is 32.1 Å². The Hall–Kier alpha value is -1.10. The SMILES string of the molecule is CCOC(=O)CN1CCCN(C(=O)C2CC2C)CC1. The first-order valence-corrected chi connectivity index (χ1v) is 7.28. The predicted molar refractivity (Wildman–Crippen MR) is 71.5 cm³/mol. The zero-order valence-corrected chi connectivity index (χ0v) is 11.9. The van der Waals surface area contributed by atoms with Crippen molar-refractivity contribution in [1.82, 2.24) is 9.80 Å². The second-order valence-corrected chi connectivity index (χ2v) is 5.58. The van der Waals surface area contributed by atoms with Crippen molar-refractivity contribution in [2.24, 2.45) is 11.8 Å². The summed E-state index contributed by atoms with van der Waals surface area (Å²) in [6, 6.07) is 0. The van der Waals surface area contributed by atoms with E-state index in [2.05, 4.69) is 11.8 Å². The number of rotatable bonds is 4. The van der Waals surface area contributed by atoms with Crippen LogP contribution in [0.25, 0.3) is 0 Å². The molecule has 2 aliphatic rings. The molecule has 1 amide bonds. The van der Waals surface area contributed by atoms with Gasteiger partial charge in [-0.1, -0.05) is 6.92 Å². The first-order valence-electron chi connectivity index (χ1n) is 7.28. The fourth-order valence-electron chi connectivity index (χ4n) is 2.64. The second kappa shape index (κ2) is 6.37. The van der Waals surface area contributed by atoms with E-state index in [4.69, 9.17) is 4.74 Å². The molecule has 0 bridgehead atoms. The molecule has 0 N–H and O–H groups in total. The van der Waals surface area contributed by atoms with Crippen LogP contribution in [-0.4, -0.2) is 61.0 Å². The minimum absolute atomic E-state index is 0.168. The first-order chi connectivity index (χ1) is 9.11. The Bertz CT molecular complexity index is 346. The molecule has 1 saturated carbocycles. The van der Waals surface area contributed by atoms with Crippen molar-refractivity contribution in [3.8, 4) is 0 Å². The van der Waals surface area contributed by atoms with Crippen LogP contribution in [0, 0.1) is 11.8 Å². The molecule has 19 heavy (non-hydrogen) atoms. The van der Waals surface area contributed by atoms with Crippen molar-refractivity contribution in [2.75, 3.05) is 39.3 Å². The molecule has 0 aromatic heterocycles. The number of hydrogen-bond donors (Lipinski definition) is 0. The summed E-state index contributed by atoms with van der Waals surface area (Å²) in [5, 5.41) is 0. The molecule has 5 heteroatoms. The quantitative estimate of drug-likeness (QED) is 0.706. The number of carbonyl (C=O) groups is 2. The molecular weight excluding hydrogens is 244 g/mol. The Morgan fingerprint density at radius 2 is 1.95 bits per heavy atom. The smallest absolute Gasteiger partial charge is 0.320 e. The summed E-state index contributed by atoms with van der Waals surface area (Å²) < 4.78 is 4.96. The van der Waals surface area contributed by atoms with Gasteiger partial charge < -0.3 is 9.64 Å². The molecule has 2 fully saturated rings. The molecule has 108 valence electrons. The summed E-state index contributed by atoms with van der Waals surface area (Å²) in [6.07, 6.45) is 1.98. The number of esters is 1. The minimum atomic E-state index is -0.168. The highest BCUT2D eigenvalue weighted by Gasteiger charge is 2.41. The third-order valence-electron chi connectivity index (χ3n) is 3.98. The third kappa shape index (κ3) is 3.93. The van der Waals surface area contributed by atoms with Gasteiger partial charge >= 0.3 is 5.97 Å². The number of amides is 1. The molecule has 1 aliphatic carbocycles. The monoisotopic (exact) mass is 268 g/mol. The Kier molecular flexibility index (Phi) is 4.80. The topological polar surface area (TPSA) is 49.9 Å². The van der Waals surface area contributed by atoms with Crippen molar-refractivity contribution < 1.29 is 14.3 Å². The maximum Gasteiger partial charge on any atom is 0.320 e. The zero-order valence-electron chi connectivity index (χ0n) is 11.9. The molecule has 1 aliphatic heterocycles. The van der Waals surface area contributed by atoms with Gasteiger partial charge in [0.05, 0.1) is 13.2 Å². The van der Waals surface area contributed by atoms with Gasteiger partial charge in [-0.15, -0.1) is 0 Å². The predicted octanol–water partition coefficient (Wildman–Crippen LogP) is 0.740. The summed E-state index contributed by atoms with van der Waals surface area (Å²) in [5.41, 5.74) is 0. The van der Waals surface area contributed by atoms with E-state index in [0.29, 0.717) is 25.0 Å². The molecule has 0 radical (unpaired) electrons. The minimum Gasteiger partial charge on any atom is -0.465 e. The lowest BCUT2D eigenvalue weighted by atomic mass is 10.3. The van der Waals surface area contributed by atoms with Gasteiger partial charge in [0.15, 0.2) is 0 Å². The standard InChI is InChI=1S/C14H24N2O3/c1-3-19-13(17)10-15-5-4-6-16(8-7-15)14(18)12-9-11(12)2/h11-12H,3-10H2,1-2H3. The lowest BCUT2D eigenvalue weighted by molar-refractivity contribution is -0.144. The van der Waals surface area contributed by atoms with Crippen LogP contribution >= 0.6 is 0 Å². The largest absolute Gasteiger partial charge is 0.465 e. The Balaban J connectivity index is 1.78. The van der Waals surface area contributed by atoms with Gasteiger partial charge in [0.25, 0.3) is 0 Å². The van der Waals surface area contributed by atoms with Gasteiger partial charge in [-0.05, 0) is 25.7 Å². The summed E-state index contributed by atoms with van der Waals surface area (Å²) in [7, 11) is 0. The van der Waals surface area contributed by atoms with Gasteiger partial charge in [-0.3, -0.25) is 14.5 Å². The van der Waals surface area contributed by atoms with E-state index >= 15 is 0 Å². The maximum absolute atomic E-state index is 12.2. The molecule has 5 nitrogen and oxygen atoms in total. The number of ether oxygens (including phenoxy) is 1. The van der Waals surface area contributed by atoms with Gasteiger partial charge in [0.1, 0.15) is 0 Å². The summed E-state index contributed by atoms with van der Waals surface area (Å²) >= 11 is 0. The van der Waals surface area contributed by atoms with Crippen molar-refractivity contribution in [3.05, 3.63) is 0 Å². The van der Waals surface area contributed by atoms with Gasteiger partial charge in [0.2, 0.25) is 5.91 Å². The fourth-order valence-corrected chi connectivity index (χ4v) is 2.64. The van der Waals surface area contributed by atoms with Crippen LogP contribution in [-0.2, 0) is 14.3 Å². The van der Waals surface area contributed by atoms with Crippen molar-refractivity contribution >= 4 is 11.9 Å². The molecule has 0 aromatic carbocycles. The van der Waals surface area contributed by atoms with Crippen molar-refractivity contribution in [3.63, 3.8) is 0 Å². The maximum atomic E-state index is 12.2. The molecule has 2 atom stereocenters. The molecule has 1 saturated heterocycles. The van der Waals surface area contributed by atoms with E-state index in [-0.39, 0.29) is 11.9 Å². The van der Waals surface area contributed by atoms with E-state index in [1.54, 1.807) is 0 Å². The van der Waals surface area contributed by atoms with Crippen LogP contribution in [0.5, 0.6) is 0 Å². The molecule has 0 spiro atoms. The van der Waals surface area contributed by atoms with Crippen molar-refractivity contribution in [2.45, 2.75) is 26.7 Å². The van der Waals surface area contributed by atoms with Gasteiger partial charge in [-0.25, -0.2) is 0 Å². The highest BCUT2D eigenvalue weighted by Crippen LogP contribution is 2.39. The second-order valence-electron chi connectivity index (χ2n) is 5.58. The van der Waals surface area contributed by atoms with Crippen LogP contribution in [0.1, 0.15) is 26.7 Å². The van der Waals surface area contributed by atoms with E-state index in [1.807, 2.05) is 11.8 Å². The number of carbonyl (C=O) groups excluding carboxylic acids is 2. The summed E-state index contributed by atoms with van der Waals surface area (Å²) in [4.78, 5) is 27.7. The van der Waals surface area contributed by atoms with Crippen LogP contribution in [0.15, 0.2) is 0 Å². The molecule has 0 aromatic rings. The summed E-state index contributed by atoms with van der Waals surface area (Å²) in [5.74, 6) is 0.964. The third-order valence-corrected chi connectivity index (χ3v) is 3.98. The molecule has 1 heterocycles. The molecular formula is C14H24N2O3. The van der Waals surface area contributed by atoms with Crippen LogP contribution in [0.2, 0.25) is 0 Å². The number of nitrogens with zero attached hydrogens (tertiary/aromatic N) is 2. The average Bonchev–Trinajstić information content (AvgIpc) is 3.12. The van der Waals surface area contributed by atoms with E-state index in [0.717, 1.165) is 39.0 Å². The Morgan fingerprint density at radius 3 is 2.58 bits per heavy atom. The Labute approximate surface area is 114 Å². The average molecular weight is 268 g/mol. The van der Waals surface area contributed by atoms with Gasteiger partial charge in [-0.2, -0.15) is 0 Å². The molecule has 2 rings (SSSR count). The van der Waals surface area contributed by atoms with Crippen molar-refractivity contribution in [1.29, 1.82) is 0 Å². The Morgan fingerprint density at radius 1 is 1.21 bits per heavy atom. The first kappa shape index (κ1) is 14.3. The van der Waals surface area contributed by atoms with Crippen LogP contribution < -0.4 is 0 Å². The highest BCUT2D eigenvalue weighted by molar-refractivity contribution is 5.81. The zero-order chi connectivity index (χ0) is 13.8. The summed E-state index contributed by atoms with van der Waals surface area (Å²) in [6.45, 7) is 7.91. The van der Waals surface area contributed by atoms with E-state index < -0.39 is 0 Å². The molecule has 2 unspecified atom stereocenters. The normalized spacial score (nSPS) is 27.8. The lowest BCUT2D eigenvalue weighted by Crippen LogP contribution is -2.37. The van der Waals surface area contributed by atoms with E-state index in [1.165, 1.54) is 0 Å². The number of hydrogen-bond acceptors (Lipinski definition) is 4. The van der Waals surface area contributed by atoms with Crippen LogP contribution in [0.3, 0.4) is 0 Å². The van der Waals surface area contributed by atoms with E-state index in [9.17, 15) is 9.59 Å². The van der Waals surface area contributed by atoms with Crippen LogP contribution in [0.4, 0.5) is 0 Å².